The molecular weight excluding hydrogens is 551 g/mol. The Bertz CT molecular complexity index is 1470. The molecule has 0 spiro atoms. The monoisotopic (exact) mass is 574 g/mol. The predicted octanol–water partition coefficient (Wildman–Crippen LogP) is 5.32. The second-order valence-corrected chi connectivity index (χ2v) is 11.1. The fourth-order valence-corrected chi connectivity index (χ4v) is 6.70. The van der Waals surface area contributed by atoms with Gasteiger partial charge in [-0.3, -0.25) is 4.57 Å². The van der Waals surface area contributed by atoms with Crippen LogP contribution in [-0.2, 0) is 17.5 Å². The molecule has 0 radical (unpaired) electrons. The number of alkyl halides is 3. The Labute approximate surface area is 224 Å². The van der Waals surface area contributed by atoms with Gasteiger partial charge in [0.25, 0.3) is 0 Å². The highest BCUT2D eigenvalue weighted by atomic mass is 35.5. The highest BCUT2D eigenvalue weighted by Gasteiger charge is 2.39. The lowest BCUT2D eigenvalue weighted by Crippen LogP contribution is -2.55. The molecule has 1 fully saturated rings. The van der Waals surface area contributed by atoms with Gasteiger partial charge in [0.05, 0.1) is 28.8 Å². The molecule has 5 rings (SSSR count). The standard InChI is InChI=1S/C25H24ClF5N4O2S/c1-11-7-34(8-12(2)32-11)23-15-4-16(25(29,30)31)20(14-5-17(26)19(28)6-18(14)27)22-21(15)35(24(36)33-23)9-13(37-3)10-38-22/h4-6,11-13,32H,7-10H2,1-3H3/t11-,12+,13-/m0/s1. The van der Waals surface area contributed by atoms with E-state index in [1.807, 2.05) is 13.8 Å². The Morgan fingerprint density at radius 1 is 1.11 bits per heavy atom. The van der Waals surface area contributed by atoms with Crippen LogP contribution in [0.4, 0.5) is 27.8 Å². The van der Waals surface area contributed by atoms with E-state index in [0.29, 0.717) is 19.2 Å². The van der Waals surface area contributed by atoms with Crippen molar-refractivity contribution in [3.63, 3.8) is 0 Å². The van der Waals surface area contributed by atoms with E-state index in [0.717, 1.165) is 23.9 Å². The molecule has 0 aliphatic carbocycles. The van der Waals surface area contributed by atoms with Crippen LogP contribution in [0.25, 0.3) is 22.0 Å². The minimum absolute atomic E-state index is 0.00255. The van der Waals surface area contributed by atoms with Gasteiger partial charge in [-0.2, -0.15) is 18.2 Å². The van der Waals surface area contributed by atoms with Gasteiger partial charge < -0.3 is 15.0 Å². The number of benzene rings is 2. The number of aromatic nitrogens is 2. The zero-order valence-corrected chi connectivity index (χ0v) is 22.2. The Morgan fingerprint density at radius 3 is 2.42 bits per heavy atom. The third kappa shape index (κ3) is 4.76. The summed E-state index contributed by atoms with van der Waals surface area (Å²) in [4.78, 5) is 19.4. The summed E-state index contributed by atoms with van der Waals surface area (Å²) in [5.41, 5.74) is -2.59. The van der Waals surface area contributed by atoms with Crippen LogP contribution in [0.15, 0.2) is 27.9 Å². The molecule has 1 saturated heterocycles. The number of thioether (sulfide) groups is 1. The third-order valence-electron chi connectivity index (χ3n) is 6.77. The van der Waals surface area contributed by atoms with Crippen molar-refractivity contribution >= 4 is 40.1 Å². The third-order valence-corrected chi connectivity index (χ3v) is 8.29. The fourth-order valence-electron chi connectivity index (χ4n) is 5.22. The van der Waals surface area contributed by atoms with Crippen LogP contribution < -0.4 is 15.9 Å². The maximum atomic E-state index is 15.1. The van der Waals surface area contributed by atoms with Crippen LogP contribution >= 0.6 is 23.4 Å². The van der Waals surface area contributed by atoms with Gasteiger partial charge in [-0.05, 0) is 26.0 Å². The molecule has 2 aromatic carbocycles. The summed E-state index contributed by atoms with van der Waals surface area (Å²) in [5, 5.41) is 2.95. The summed E-state index contributed by atoms with van der Waals surface area (Å²) < 4.78 is 79.8. The second kappa shape index (κ2) is 9.96. The van der Waals surface area contributed by atoms with Gasteiger partial charge in [-0.1, -0.05) is 11.6 Å². The normalized spacial score (nSPS) is 22.1. The van der Waals surface area contributed by atoms with Crippen LogP contribution in [0, 0.1) is 11.6 Å². The molecule has 0 amide bonds. The highest BCUT2D eigenvalue weighted by molar-refractivity contribution is 7.99. The van der Waals surface area contributed by atoms with Crippen LogP contribution in [-0.4, -0.2) is 53.7 Å². The van der Waals surface area contributed by atoms with Crippen molar-refractivity contribution in [3.8, 4) is 11.1 Å². The molecule has 3 heterocycles. The van der Waals surface area contributed by atoms with E-state index >= 15 is 4.39 Å². The van der Waals surface area contributed by atoms with Crippen LogP contribution in [0.2, 0.25) is 5.02 Å². The van der Waals surface area contributed by atoms with Gasteiger partial charge in [0.15, 0.2) is 0 Å². The summed E-state index contributed by atoms with van der Waals surface area (Å²) in [6, 6.07) is 2.22. The molecule has 1 N–H and O–H groups in total. The van der Waals surface area contributed by atoms with E-state index < -0.39 is 51.3 Å². The molecular formula is C25H24ClF5N4O2S. The van der Waals surface area contributed by atoms with Crippen molar-refractivity contribution in [2.24, 2.45) is 0 Å². The van der Waals surface area contributed by atoms with E-state index in [-0.39, 0.29) is 46.0 Å². The summed E-state index contributed by atoms with van der Waals surface area (Å²) in [6.45, 7) is 4.76. The van der Waals surface area contributed by atoms with E-state index in [1.54, 1.807) is 4.90 Å². The Kier molecular flexibility index (Phi) is 7.12. The van der Waals surface area contributed by atoms with Crippen LogP contribution in [0.1, 0.15) is 19.4 Å². The molecule has 0 saturated carbocycles. The van der Waals surface area contributed by atoms with Crippen molar-refractivity contribution in [1.29, 1.82) is 0 Å². The lowest BCUT2D eigenvalue weighted by atomic mass is 9.95. The zero-order chi connectivity index (χ0) is 27.5. The predicted molar refractivity (Wildman–Crippen MR) is 137 cm³/mol. The van der Waals surface area contributed by atoms with E-state index in [1.165, 1.54) is 11.7 Å². The smallest absolute Gasteiger partial charge is 0.379 e. The summed E-state index contributed by atoms with van der Waals surface area (Å²) in [6.07, 6.45) is -5.44. The quantitative estimate of drug-likeness (QED) is 0.338. The molecule has 2 aliphatic rings. The largest absolute Gasteiger partial charge is 0.417 e. The molecule has 0 bridgehead atoms. The number of nitrogens with zero attached hydrogens (tertiary/aromatic N) is 3. The molecule has 13 heteroatoms. The number of halogens is 6. The molecule has 3 atom stereocenters. The molecule has 1 aromatic heterocycles. The van der Waals surface area contributed by atoms with Crippen molar-refractivity contribution in [3.05, 3.63) is 50.9 Å². The molecule has 6 nitrogen and oxygen atoms in total. The SMILES string of the molecule is CO[C@@H]1CSc2c(-c3cc(Cl)c(F)cc3F)c(C(F)(F)F)cc3c(N4C[C@@H](C)N[C@@H](C)C4)nc(=O)n(c23)C1. The lowest BCUT2D eigenvalue weighted by Gasteiger charge is -2.37. The zero-order valence-electron chi connectivity index (χ0n) is 20.6. The molecule has 0 unspecified atom stereocenters. The summed E-state index contributed by atoms with van der Waals surface area (Å²) >= 11 is 6.91. The number of piperazine rings is 1. The maximum Gasteiger partial charge on any atom is 0.417 e. The van der Waals surface area contributed by atoms with Crippen molar-refractivity contribution in [2.75, 3.05) is 30.9 Å². The van der Waals surface area contributed by atoms with Gasteiger partial charge in [-0.15, -0.1) is 11.8 Å². The van der Waals surface area contributed by atoms with E-state index in [4.69, 9.17) is 16.3 Å². The van der Waals surface area contributed by atoms with Crippen LogP contribution in [0.5, 0.6) is 0 Å². The molecule has 2 aliphatic heterocycles. The second-order valence-electron chi connectivity index (χ2n) is 9.64. The van der Waals surface area contributed by atoms with Gasteiger partial charge in [0.2, 0.25) is 0 Å². The number of nitrogens with one attached hydrogen (secondary N) is 1. The minimum atomic E-state index is -4.91. The van der Waals surface area contributed by atoms with Crippen LogP contribution in [0.3, 0.4) is 0 Å². The lowest BCUT2D eigenvalue weighted by molar-refractivity contribution is -0.137. The highest BCUT2D eigenvalue weighted by Crippen LogP contribution is 2.49. The first-order valence-corrected chi connectivity index (χ1v) is 13.3. The first kappa shape index (κ1) is 27.2. The number of hydrogen-bond acceptors (Lipinski definition) is 6. The number of anilines is 1. The molecule has 38 heavy (non-hydrogen) atoms. The Morgan fingerprint density at radius 2 is 1.79 bits per heavy atom. The topological polar surface area (TPSA) is 59.4 Å². The van der Waals surface area contributed by atoms with Crippen molar-refractivity contribution in [2.45, 2.75) is 49.7 Å². The van der Waals surface area contributed by atoms with E-state index in [2.05, 4.69) is 10.3 Å². The first-order chi connectivity index (χ1) is 17.9. The number of rotatable bonds is 3. The summed E-state index contributed by atoms with van der Waals surface area (Å²) in [5.74, 6) is -1.97. The van der Waals surface area contributed by atoms with Crippen molar-refractivity contribution in [1.82, 2.24) is 14.9 Å². The Balaban J connectivity index is 1.92. The van der Waals surface area contributed by atoms with Gasteiger partial charge in [0, 0.05) is 65.5 Å². The van der Waals surface area contributed by atoms with E-state index in [9.17, 15) is 22.4 Å². The fraction of sp³-hybridized carbons (Fsp3) is 0.440. The summed E-state index contributed by atoms with van der Waals surface area (Å²) in [7, 11) is 1.44. The Hall–Kier alpha value is -2.41. The maximum absolute atomic E-state index is 15.1. The number of hydrogen-bond donors (Lipinski definition) is 1. The number of ether oxygens (including phenoxy) is 1. The first-order valence-electron chi connectivity index (χ1n) is 11.9. The van der Waals surface area contributed by atoms with Crippen molar-refractivity contribution < 1.29 is 26.7 Å². The van der Waals surface area contributed by atoms with Gasteiger partial charge >= 0.3 is 11.9 Å². The minimum Gasteiger partial charge on any atom is -0.379 e. The average molecular weight is 575 g/mol. The molecule has 3 aromatic rings. The van der Waals surface area contributed by atoms with Gasteiger partial charge in [-0.25, -0.2) is 13.6 Å². The average Bonchev–Trinajstić information content (AvgIpc) is 3.03. The molecule has 204 valence electrons. The number of methoxy groups -OCH3 is 1. The van der Waals surface area contributed by atoms with Gasteiger partial charge in [0.1, 0.15) is 17.5 Å².